The zero-order valence-electron chi connectivity index (χ0n) is 86.4. The molecule has 0 fully saturated rings. The Hall–Kier alpha value is -19.5. The smallest absolute Gasteiger partial charge is 0.0490 e. The van der Waals surface area contributed by atoms with Crippen LogP contribution in [0.3, 0.4) is 0 Å². The minimum atomic E-state index is 0. The molecule has 706 valence electrons. The fourth-order valence-electron chi connectivity index (χ4n) is 10.6. The van der Waals surface area contributed by atoms with Crippen LogP contribution in [0.4, 0.5) is 0 Å². The molecule has 144 heavy (non-hydrogen) atoms. The van der Waals surface area contributed by atoms with E-state index < -0.39 is 0 Å². The van der Waals surface area contributed by atoms with Crippen molar-refractivity contribution in [2.45, 2.75) is 205 Å². The van der Waals surface area contributed by atoms with Crippen LogP contribution in [0.1, 0.15) is 283 Å². The van der Waals surface area contributed by atoms with Gasteiger partial charge in [-0.05, 0) is 317 Å². The van der Waals surface area contributed by atoms with Crippen LogP contribution in [0.15, 0.2) is 231 Å². The second kappa shape index (κ2) is 91.3. The Balaban J connectivity index is -0.000000781. The summed E-state index contributed by atoms with van der Waals surface area (Å²) in [7, 11) is 0. The maximum absolute atomic E-state index is 5.53. The standard InChI is InChI=1S/2C27H10.3C15H10.2C11H8.7C3H8.2CH4/c1-3-5-7-9-11-13-15-20-26-24(18-14-12-10-8-6-4-2)22-23-25-19-16-17-21-27(25)26;1-3-5-7-9-11-13-15-19-25-23-27-21-17-16-20-26(27)22-24(25)18-14-12-10-8-6-4-2;1-3-7-13-11-15-9-6-5-8-14(15)10-12(13)4-2;1-3-7-12-10-11-13-8-5-6-9-15(13)14(12)4-2;1-3-7-14-12(4-2)10-11-13-8-5-6-9-15(13)14;1-3-7-11-9-6-5-8-10(11)4-2;1-3-6-11-8-5-7-10(4-2)9-11;7*1-3-2;;/h2,16-17,19,21-23H,1H3;2,16-17,20-23H,1H3;3*2,5-6,8-11H,1H3;2,5-6,8-9H,1H3;2,5,7-9H,1H3;7*3H2,1-2H3;2*1H4. The van der Waals surface area contributed by atoms with Gasteiger partial charge in [-0.15, -0.1) is 74.6 Å². The summed E-state index contributed by atoms with van der Waals surface area (Å²) in [6, 6.07) is 75.5. The molecule has 0 aliphatic carbocycles. The van der Waals surface area contributed by atoms with Gasteiger partial charge in [0.15, 0.2) is 0 Å². The zero-order chi connectivity index (χ0) is 105. The van der Waals surface area contributed by atoms with E-state index in [2.05, 4.69) is 400 Å². The topological polar surface area (TPSA) is 0 Å². The Morgan fingerprint density at radius 1 is 0.167 bits per heavy atom. The van der Waals surface area contributed by atoms with Crippen molar-refractivity contribution in [3.05, 3.63) is 308 Å². The van der Waals surface area contributed by atoms with Gasteiger partial charge in [-0.2, -0.15) is 0 Å². The van der Waals surface area contributed by atoms with Gasteiger partial charge in [-0.1, -0.05) is 409 Å². The van der Waals surface area contributed by atoms with Crippen molar-refractivity contribution in [2.75, 3.05) is 0 Å². The van der Waals surface area contributed by atoms with E-state index in [0.29, 0.717) is 0 Å². The van der Waals surface area contributed by atoms with Crippen molar-refractivity contribution in [1.82, 2.24) is 0 Å². The number of terminal acetylenes is 7. The molecule has 0 heterocycles. The Morgan fingerprint density at radius 3 is 0.778 bits per heavy atom. The summed E-state index contributed by atoms with van der Waals surface area (Å²) in [4.78, 5) is 0. The molecule has 0 unspecified atom stereocenters. The van der Waals surface area contributed by atoms with E-state index in [-0.39, 0.29) is 14.9 Å². The van der Waals surface area contributed by atoms with E-state index in [1.165, 1.54) is 55.7 Å². The summed E-state index contributed by atoms with van der Waals surface area (Å²) < 4.78 is 0. The number of hydrogen-bond acceptors (Lipinski definition) is 0. The fourth-order valence-corrected chi connectivity index (χ4v) is 10.6. The van der Waals surface area contributed by atoms with E-state index in [0.717, 1.165) is 121 Å². The molecule has 0 saturated carbocycles. The van der Waals surface area contributed by atoms with Gasteiger partial charge in [-0.25, -0.2) is 0 Å². The average molecular weight is 1860 g/mol. The summed E-state index contributed by atoms with van der Waals surface area (Å²) >= 11 is 0. The first-order chi connectivity index (χ1) is 69.4. The Kier molecular flexibility index (Phi) is 82.9. The normalized spacial score (nSPS) is 7.43. The monoisotopic (exact) mass is 1860 g/mol. The van der Waals surface area contributed by atoms with Gasteiger partial charge < -0.3 is 0 Å². The van der Waals surface area contributed by atoms with Crippen molar-refractivity contribution in [2.24, 2.45) is 0 Å². The molecule has 0 nitrogen and oxygen atoms in total. The van der Waals surface area contributed by atoms with E-state index in [1.54, 1.807) is 20.8 Å². The highest BCUT2D eigenvalue weighted by Crippen LogP contribution is 2.26. The third-order valence-electron chi connectivity index (χ3n) is 15.7. The van der Waals surface area contributed by atoms with Crippen molar-refractivity contribution in [1.29, 1.82) is 0 Å². The molecule has 0 atom stereocenters. The van der Waals surface area contributed by atoms with Crippen molar-refractivity contribution >= 4 is 53.9 Å². The van der Waals surface area contributed by atoms with Gasteiger partial charge in [0.05, 0.1) is 0 Å². The second-order valence-corrected chi connectivity index (χ2v) is 28.3. The van der Waals surface area contributed by atoms with Crippen LogP contribution in [-0.2, 0) is 0 Å². The van der Waals surface area contributed by atoms with Crippen LogP contribution in [0.25, 0.3) is 53.9 Å². The SMILES string of the molecule is C.C.C#CC#CC#CC#Cc1cc2ccccc2cc1C#CC#CC#CC#CC.C#CC#CC#CC#Cc1ccc2ccccc2c1C#CC#CC#CC#CC.C#Cc1c(C#CC)ccc2ccccc12.C#Cc1cc2ccccc2cc1C#CC.C#Cc1ccc2ccccc2c1C#CC.C#Cc1cccc(C#CC)c1.C#Cc1ccccc1C#CC.CCC.CCC.CCC.CCC.CCC.CCC.CCC. The van der Waals surface area contributed by atoms with Gasteiger partial charge in [0.25, 0.3) is 0 Å². The lowest BCUT2D eigenvalue weighted by Crippen LogP contribution is -1.86. The van der Waals surface area contributed by atoms with Crippen LogP contribution in [0.2, 0.25) is 0 Å². The molecule has 12 rings (SSSR count). The third-order valence-corrected chi connectivity index (χ3v) is 15.7. The maximum atomic E-state index is 5.53. The molecule has 0 saturated heterocycles. The van der Waals surface area contributed by atoms with Gasteiger partial charge in [0, 0.05) is 77.9 Å². The van der Waals surface area contributed by atoms with Gasteiger partial charge in [0.2, 0.25) is 0 Å². The summed E-state index contributed by atoms with van der Waals surface area (Å²) in [6.45, 7) is 42.2. The lowest BCUT2D eigenvalue weighted by Gasteiger charge is -2.03. The Labute approximate surface area is 872 Å². The minimum Gasteiger partial charge on any atom is -0.115 e. The zero-order valence-corrected chi connectivity index (χ0v) is 86.4. The number of rotatable bonds is 0. The fraction of sp³-hybridized carbons (Fsp3) is 0.208. The van der Waals surface area contributed by atoms with Crippen LogP contribution >= 0.6 is 0 Å². The molecule has 12 aromatic rings. The minimum absolute atomic E-state index is 0. The van der Waals surface area contributed by atoms with Gasteiger partial charge in [-0.3, -0.25) is 0 Å². The third kappa shape index (κ3) is 56.8. The molecule has 0 N–H and O–H groups in total. The van der Waals surface area contributed by atoms with Gasteiger partial charge in [0.1, 0.15) is 0 Å². The molecule has 0 amide bonds. The molecule has 0 aromatic heterocycles. The number of benzene rings is 12. The Morgan fingerprint density at radius 2 is 0.431 bits per heavy atom. The highest BCUT2D eigenvalue weighted by Gasteiger charge is 2.07. The maximum Gasteiger partial charge on any atom is 0.0490 e. The van der Waals surface area contributed by atoms with Crippen molar-refractivity contribution in [3.8, 4) is 311 Å². The van der Waals surface area contributed by atoms with Crippen molar-refractivity contribution < 1.29 is 0 Å². The van der Waals surface area contributed by atoms with Crippen molar-refractivity contribution in [3.63, 3.8) is 0 Å². The first kappa shape index (κ1) is 131. The molecular weight excluding hydrogens is 1730 g/mol. The quantitative estimate of drug-likeness (QED) is 0.133. The predicted octanol–water partition coefficient (Wildman–Crippen LogP) is 31.3. The molecule has 0 bridgehead atoms. The first-order valence-electron chi connectivity index (χ1n) is 46.5. The highest BCUT2D eigenvalue weighted by atomic mass is 14.1. The highest BCUT2D eigenvalue weighted by molar-refractivity contribution is 5.93. The lowest BCUT2D eigenvalue weighted by atomic mass is 9.99. The largest absolute Gasteiger partial charge is 0.115 e. The lowest BCUT2D eigenvalue weighted by molar-refractivity contribution is 1.09. The van der Waals surface area contributed by atoms with E-state index >= 15 is 0 Å². The van der Waals surface area contributed by atoms with Gasteiger partial charge >= 0.3 is 0 Å². The molecule has 12 aromatic carbocycles. The van der Waals surface area contributed by atoms with Crippen LogP contribution < -0.4 is 0 Å². The molecule has 0 radical (unpaired) electrons. The van der Waals surface area contributed by atoms with E-state index in [1.807, 2.05) is 222 Å². The molecular formula is C144H130. The first-order valence-corrected chi connectivity index (χ1v) is 46.5. The van der Waals surface area contributed by atoms with E-state index in [4.69, 9.17) is 45.0 Å². The van der Waals surface area contributed by atoms with Crippen LogP contribution in [0.5, 0.6) is 0 Å². The number of fused-ring (bicyclic) bond motifs is 5. The summed E-state index contributed by atoms with van der Waals surface area (Å²) in [5.74, 6) is 122. The Bertz CT molecular complexity index is 7700. The summed E-state index contributed by atoms with van der Waals surface area (Å²) in [5.41, 5.74) is 12.2. The summed E-state index contributed by atoms with van der Waals surface area (Å²) in [5, 5.41) is 11.1. The summed E-state index contributed by atoms with van der Waals surface area (Å²) in [6.07, 6.45) is 45.7. The molecule has 0 aliphatic rings. The van der Waals surface area contributed by atoms with Crippen LogP contribution in [0, 0.1) is 311 Å². The van der Waals surface area contributed by atoms with Crippen LogP contribution in [-0.4, -0.2) is 0 Å². The number of hydrogen-bond donors (Lipinski definition) is 0. The predicted molar refractivity (Wildman–Crippen MR) is 635 cm³/mol. The molecule has 0 aliphatic heterocycles. The second-order valence-electron chi connectivity index (χ2n) is 28.3. The molecule has 0 heteroatoms. The molecule has 0 spiro atoms. The average Bonchev–Trinajstić information content (AvgIpc) is 0.890. The van der Waals surface area contributed by atoms with E-state index in [9.17, 15) is 0 Å².